The van der Waals surface area contributed by atoms with Crippen LogP contribution < -0.4 is 5.46 Å². The minimum atomic E-state index is -0.474. The van der Waals surface area contributed by atoms with E-state index in [0.29, 0.717) is 0 Å². The van der Waals surface area contributed by atoms with Gasteiger partial charge in [-0.3, -0.25) is 4.57 Å². The fourth-order valence-electron chi connectivity index (χ4n) is 7.80. The minimum absolute atomic E-state index is 0.412. The molecule has 0 spiro atoms. The molecular formula is C42H35BN2O2. The van der Waals surface area contributed by atoms with Gasteiger partial charge in [-0.2, -0.15) is 0 Å². The monoisotopic (exact) mass is 610 g/mol. The van der Waals surface area contributed by atoms with E-state index >= 15 is 0 Å². The predicted molar refractivity (Wildman–Crippen MR) is 192 cm³/mol. The van der Waals surface area contributed by atoms with Crippen LogP contribution in [-0.4, -0.2) is 27.9 Å². The van der Waals surface area contributed by atoms with Crippen LogP contribution in [0.1, 0.15) is 49.9 Å². The smallest absolute Gasteiger partial charge is 0.399 e. The molecule has 4 nitrogen and oxygen atoms in total. The highest BCUT2D eigenvalue weighted by Crippen LogP contribution is 2.57. The van der Waals surface area contributed by atoms with E-state index in [1.54, 1.807) is 0 Å². The van der Waals surface area contributed by atoms with Crippen LogP contribution in [-0.2, 0) is 14.7 Å². The van der Waals surface area contributed by atoms with E-state index in [4.69, 9.17) is 14.3 Å². The van der Waals surface area contributed by atoms with Crippen LogP contribution in [0.5, 0.6) is 0 Å². The molecule has 0 bridgehead atoms. The van der Waals surface area contributed by atoms with Gasteiger partial charge in [0.25, 0.3) is 0 Å². The molecule has 0 N–H and O–H groups in total. The summed E-state index contributed by atoms with van der Waals surface area (Å²) < 4.78 is 15.0. The molecule has 5 heteroatoms. The predicted octanol–water partition coefficient (Wildman–Crippen LogP) is 8.84. The lowest BCUT2D eigenvalue weighted by Gasteiger charge is -2.34. The first-order chi connectivity index (χ1) is 22.8. The van der Waals surface area contributed by atoms with Gasteiger partial charge in [-0.1, -0.05) is 109 Å². The molecule has 0 atom stereocenters. The molecule has 5 aromatic carbocycles. The second kappa shape index (κ2) is 10.0. The SMILES string of the molecule is CC1(C)OB(c2ccc(-n3c4ccccc4c4cc5c(cc43)C(c3ccccc3)(c3ccccc3)c3ccccc3-5)nc2)OC1(C)C. The maximum absolute atomic E-state index is 6.34. The van der Waals surface area contributed by atoms with E-state index in [1.165, 1.54) is 44.2 Å². The van der Waals surface area contributed by atoms with Crippen molar-refractivity contribution in [1.29, 1.82) is 0 Å². The highest BCUT2D eigenvalue weighted by Gasteiger charge is 2.52. The Labute approximate surface area is 275 Å². The average Bonchev–Trinajstić information content (AvgIpc) is 3.66. The lowest BCUT2D eigenvalue weighted by molar-refractivity contribution is 0.00578. The Morgan fingerprint density at radius 1 is 0.553 bits per heavy atom. The molecular weight excluding hydrogens is 575 g/mol. The van der Waals surface area contributed by atoms with Crippen LogP contribution in [0.3, 0.4) is 0 Å². The van der Waals surface area contributed by atoms with E-state index in [0.717, 1.165) is 22.3 Å². The van der Waals surface area contributed by atoms with Crippen LogP contribution in [0.15, 0.2) is 140 Å². The maximum Gasteiger partial charge on any atom is 0.496 e. The van der Waals surface area contributed by atoms with Gasteiger partial charge in [0.15, 0.2) is 0 Å². The molecule has 3 heterocycles. The quantitative estimate of drug-likeness (QED) is 0.187. The van der Waals surface area contributed by atoms with Gasteiger partial charge in [0.2, 0.25) is 0 Å². The van der Waals surface area contributed by atoms with E-state index in [1.807, 2.05) is 6.20 Å². The van der Waals surface area contributed by atoms with Crippen molar-refractivity contribution in [3.05, 3.63) is 162 Å². The fourth-order valence-corrected chi connectivity index (χ4v) is 7.80. The Kier molecular flexibility index (Phi) is 6.03. The van der Waals surface area contributed by atoms with Crippen molar-refractivity contribution in [3.63, 3.8) is 0 Å². The average molecular weight is 611 g/mol. The van der Waals surface area contributed by atoms with Gasteiger partial charge in [0, 0.05) is 22.4 Å². The minimum Gasteiger partial charge on any atom is -0.399 e. The van der Waals surface area contributed by atoms with Crippen LogP contribution in [0.25, 0.3) is 38.8 Å². The molecule has 1 fully saturated rings. The highest BCUT2D eigenvalue weighted by atomic mass is 16.7. The zero-order valence-electron chi connectivity index (χ0n) is 27.1. The molecule has 7 aromatic rings. The molecule has 2 aromatic heterocycles. The molecule has 1 aliphatic heterocycles. The summed E-state index contributed by atoms with van der Waals surface area (Å²) in [6.45, 7) is 8.31. The van der Waals surface area contributed by atoms with E-state index < -0.39 is 23.7 Å². The highest BCUT2D eigenvalue weighted by molar-refractivity contribution is 6.62. The maximum atomic E-state index is 6.34. The van der Waals surface area contributed by atoms with Crippen LogP contribution >= 0.6 is 0 Å². The largest absolute Gasteiger partial charge is 0.496 e. The number of rotatable bonds is 4. The Morgan fingerprint density at radius 2 is 1.17 bits per heavy atom. The van der Waals surface area contributed by atoms with Crippen molar-refractivity contribution < 1.29 is 9.31 Å². The van der Waals surface area contributed by atoms with Gasteiger partial charge in [-0.25, -0.2) is 4.98 Å². The summed E-state index contributed by atoms with van der Waals surface area (Å²) in [6, 6.07) is 48.5. The first-order valence-corrected chi connectivity index (χ1v) is 16.4. The van der Waals surface area contributed by atoms with Crippen LogP contribution in [0.4, 0.5) is 0 Å². The zero-order valence-corrected chi connectivity index (χ0v) is 27.1. The van der Waals surface area contributed by atoms with Crippen molar-refractivity contribution in [1.82, 2.24) is 9.55 Å². The van der Waals surface area contributed by atoms with Crippen molar-refractivity contribution >= 4 is 34.4 Å². The van der Waals surface area contributed by atoms with Gasteiger partial charge in [0.1, 0.15) is 5.82 Å². The van der Waals surface area contributed by atoms with E-state index in [-0.39, 0.29) is 0 Å². The van der Waals surface area contributed by atoms with E-state index in [9.17, 15) is 0 Å². The summed E-state index contributed by atoms with van der Waals surface area (Å²) >= 11 is 0. The summed E-state index contributed by atoms with van der Waals surface area (Å²) in [7, 11) is -0.459. The molecule has 228 valence electrons. The molecule has 1 saturated heterocycles. The third-order valence-corrected chi connectivity index (χ3v) is 10.8. The first kappa shape index (κ1) is 28.3. The lowest BCUT2D eigenvalue weighted by atomic mass is 9.67. The second-order valence-electron chi connectivity index (χ2n) is 13.8. The van der Waals surface area contributed by atoms with Gasteiger partial charge >= 0.3 is 7.12 Å². The van der Waals surface area contributed by atoms with Crippen molar-refractivity contribution in [2.45, 2.75) is 44.3 Å². The van der Waals surface area contributed by atoms with Crippen molar-refractivity contribution in [2.24, 2.45) is 0 Å². The molecule has 1 aliphatic carbocycles. The number of para-hydroxylation sites is 1. The van der Waals surface area contributed by atoms with Crippen LogP contribution in [0.2, 0.25) is 0 Å². The molecule has 0 saturated carbocycles. The molecule has 0 radical (unpaired) electrons. The topological polar surface area (TPSA) is 36.3 Å². The van der Waals surface area contributed by atoms with Gasteiger partial charge in [0.05, 0.1) is 27.7 Å². The van der Waals surface area contributed by atoms with Crippen LogP contribution in [0, 0.1) is 0 Å². The number of hydrogen-bond acceptors (Lipinski definition) is 3. The lowest BCUT2D eigenvalue weighted by Crippen LogP contribution is -2.41. The van der Waals surface area contributed by atoms with Crippen molar-refractivity contribution in [3.8, 4) is 16.9 Å². The molecule has 47 heavy (non-hydrogen) atoms. The fraction of sp³-hybridized carbons (Fsp3) is 0.167. The molecule has 0 amide bonds. The van der Waals surface area contributed by atoms with Crippen molar-refractivity contribution in [2.75, 3.05) is 0 Å². The summed E-state index contributed by atoms with van der Waals surface area (Å²) in [5.41, 5.74) is 9.51. The van der Waals surface area contributed by atoms with E-state index in [2.05, 4.69) is 166 Å². The van der Waals surface area contributed by atoms with Gasteiger partial charge < -0.3 is 9.31 Å². The Bertz CT molecular complexity index is 2250. The van der Waals surface area contributed by atoms with Gasteiger partial charge in [-0.15, -0.1) is 0 Å². The number of hydrogen-bond donors (Lipinski definition) is 0. The Hall–Kier alpha value is -4.97. The summed E-state index contributed by atoms with van der Waals surface area (Å²) in [4.78, 5) is 5.05. The number of fused-ring (bicyclic) bond motifs is 6. The standard InChI is InChI=1S/C42H35BN2O2/c1-40(2)41(3,4)47-43(46-40)30-23-24-39(44-27-30)45-37-22-14-12-20-32(37)34-25-33-31-19-11-13-21-35(31)42(36(33)26-38(34)45,28-15-7-5-8-16-28)29-17-9-6-10-18-29/h5-27H,1-4H3. The summed E-state index contributed by atoms with van der Waals surface area (Å²) in [6.07, 6.45) is 1.90. The third kappa shape index (κ3) is 3.94. The molecule has 9 rings (SSSR count). The number of benzene rings is 5. The summed E-state index contributed by atoms with van der Waals surface area (Å²) in [5.74, 6) is 0.858. The molecule has 0 unspecified atom stereocenters. The molecule has 2 aliphatic rings. The number of pyridine rings is 1. The first-order valence-electron chi connectivity index (χ1n) is 16.4. The second-order valence-corrected chi connectivity index (χ2v) is 13.8. The third-order valence-electron chi connectivity index (χ3n) is 10.8. The Balaban J connectivity index is 1.30. The Morgan fingerprint density at radius 3 is 1.83 bits per heavy atom. The van der Waals surface area contributed by atoms with Gasteiger partial charge in [-0.05, 0) is 85.3 Å². The number of nitrogens with zero attached hydrogens (tertiary/aromatic N) is 2. The number of aromatic nitrogens is 2. The zero-order chi connectivity index (χ0) is 32.0. The summed E-state index contributed by atoms with van der Waals surface area (Å²) in [5, 5.41) is 2.42. The normalized spacial score (nSPS) is 17.2.